The molecule has 0 saturated carbocycles. The van der Waals surface area contributed by atoms with Crippen LogP contribution in [0.15, 0.2) is 11.6 Å². The minimum atomic E-state index is -0.814. The van der Waals surface area contributed by atoms with Gasteiger partial charge in [0.1, 0.15) is 11.7 Å². The molecule has 2 N–H and O–H groups in total. The average Bonchev–Trinajstić information content (AvgIpc) is 2.71. The highest BCUT2D eigenvalue weighted by molar-refractivity contribution is 5.84. The van der Waals surface area contributed by atoms with Gasteiger partial charge in [0.2, 0.25) is 5.91 Å². The quantitative estimate of drug-likeness (QED) is 0.638. The highest BCUT2D eigenvalue weighted by Gasteiger charge is 2.62. The summed E-state index contributed by atoms with van der Waals surface area (Å²) in [6.45, 7) is 7.21. The first-order valence-corrected chi connectivity index (χ1v) is 6.56. The summed E-state index contributed by atoms with van der Waals surface area (Å²) in [5.74, 6) is -0.265. The minimum absolute atomic E-state index is 0.00387. The zero-order valence-corrected chi connectivity index (χ0v) is 11.0. The zero-order valence-electron chi connectivity index (χ0n) is 11.0. The third kappa shape index (κ3) is 1.41. The first kappa shape index (κ1) is 12.1. The number of rotatable bonds is 1. The highest BCUT2D eigenvalue weighted by Crippen LogP contribution is 2.44. The maximum atomic E-state index is 12.3. The Kier molecular flexibility index (Phi) is 2.56. The number of nitrogens with zero attached hydrogens (tertiary/aromatic N) is 1. The van der Waals surface area contributed by atoms with E-state index in [4.69, 9.17) is 4.74 Å². The standard InChI is InChI=1S/C13H20N2O3/c1-4-15-11(16)8-9(12(15)17)18-13(3)5-7(2)6-14-10(8)13/h5,8-10,12,14,17H,4,6H2,1-3H3/t8?,9-,10?,12-,13-/m0/s1. The lowest BCUT2D eigenvalue weighted by Gasteiger charge is -2.36. The fourth-order valence-corrected chi connectivity index (χ4v) is 3.62. The van der Waals surface area contributed by atoms with Crippen LogP contribution in [-0.2, 0) is 9.53 Å². The number of likely N-dealkylation sites (tertiary alicyclic amines) is 1. The van der Waals surface area contributed by atoms with Crippen molar-refractivity contribution in [3.05, 3.63) is 11.6 Å². The Labute approximate surface area is 107 Å². The number of amides is 1. The van der Waals surface area contributed by atoms with E-state index in [1.165, 1.54) is 10.5 Å². The van der Waals surface area contributed by atoms with Crippen LogP contribution in [0.3, 0.4) is 0 Å². The molecule has 3 aliphatic rings. The van der Waals surface area contributed by atoms with Gasteiger partial charge < -0.3 is 20.1 Å². The van der Waals surface area contributed by atoms with Crippen molar-refractivity contribution in [2.75, 3.05) is 13.1 Å². The minimum Gasteiger partial charge on any atom is -0.371 e. The van der Waals surface area contributed by atoms with Crippen LogP contribution < -0.4 is 5.32 Å². The van der Waals surface area contributed by atoms with Gasteiger partial charge >= 0.3 is 0 Å². The van der Waals surface area contributed by atoms with Crippen molar-refractivity contribution >= 4 is 5.91 Å². The topological polar surface area (TPSA) is 61.8 Å². The van der Waals surface area contributed by atoms with Gasteiger partial charge in [0.25, 0.3) is 0 Å². The molecule has 0 aromatic rings. The number of likely N-dealkylation sites (N-methyl/N-ethyl adjacent to an activating group) is 1. The van der Waals surface area contributed by atoms with Gasteiger partial charge in [-0.05, 0) is 20.8 Å². The van der Waals surface area contributed by atoms with Crippen molar-refractivity contribution in [3.63, 3.8) is 0 Å². The summed E-state index contributed by atoms with van der Waals surface area (Å²) < 4.78 is 6.01. The maximum absolute atomic E-state index is 12.3. The third-order valence-electron chi connectivity index (χ3n) is 4.38. The van der Waals surface area contributed by atoms with Crippen molar-refractivity contribution in [1.29, 1.82) is 0 Å². The van der Waals surface area contributed by atoms with E-state index in [1.54, 1.807) is 0 Å². The van der Waals surface area contributed by atoms with Gasteiger partial charge in [0.05, 0.1) is 12.0 Å². The molecule has 5 nitrogen and oxygen atoms in total. The molecule has 3 rings (SSSR count). The van der Waals surface area contributed by atoms with Crippen LogP contribution >= 0.6 is 0 Å². The largest absolute Gasteiger partial charge is 0.371 e. The Morgan fingerprint density at radius 2 is 2.39 bits per heavy atom. The molecule has 5 atom stereocenters. The highest BCUT2D eigenvalue weighted by atomic mass is 16.5. The van der Waals surface area contributed by atoms with Crippen molar-refractivity contribution < 1.29 is 14.6 Å². The average molecular weight is 252 g/mol. The lowest BCUT2D eigenvalue weighted by atomic mass is 9.84. The molecule has 0 spiro atoms. The third-order valence-corrected chi connectivity index (χ3v) is 4.38. The smallest absolute Gasteiger partial charge is 0.232 e. The van der Waals surface area contributed by atoms with E-state index < -0.39 is 17.9 Å². The van der Waals surface area contributed by atoms with Crippen LogP contribution in [0.1, 0.15) is 20.8 Å². The Bertz CT molecular complexity index is 422. The molecule has 0 bridgehead atoms. The summed E-state index contributed by atoms with van der Waals surface area (Å²) in [5.41, 5.74) is 0.733. The van der Waals surface area contributed by atoms with Gasteiger partial charge in [0.15, 0.2) is 6.23 Å². The van der Waals surface area contributed by atoms with Crippen molar-refractivity contribution in [3.8, 4) is 0 Å². The number of hydrogen-bond donors (Lipinski definition) is 2. The lowest BCUT2D eigenvalue weighted by Crippen LogP contribution is -2.54. The number of nitrogens with one attached hydrogen (secondary N) is 1. The fourth-order valence-electron chi connectivity index (χ4n) is 3.62. The van der Waals surface area contributed by atoms with Crippen molar-refractivity contribution in [2.24, 2.45) is 5.92 Å². The molecule has 3 aliphatic heterocycles. The van der Waals surface area contributed by atoms with Crippen LogP contribution in [0.5, 0.6) is 0 Å². The summed E-state index contributed by atoms with van der Waals surface area (Å²) >= 11 is 0. The number of carbonyl (C=O) groups excluding carboxylic acids is 1. The summed E-state index contributed by atoms with van der Waals surface area (Å²) in [6.07, 6.45) is 0.857. The number of hydrogen-bond acceptors (Lipinski definition) is 4. The van der Waals surface area contributed by atoms with E-state index in [1.807, 2.05) is 20.8 Å². The molecule has 5 heteroatoms. The second kappa shape index (κ2) is 3.79. The molecule has 0 aromatic carbocycles. The van der Waals surface area contributed by atoms with Crippen LogP contribution in [-0.4, -0.2) is 53.0 Å². The predicted molar refractivity (Wildman–Crippen MR) is 65.7 cm³/mol. The Morgan fingerprint density at radius 3 is 3.06 bits per heavy atom. The van der Waals surface area contributed by atoms with E-state index in [2.05, 4.69) is 11.4 Å². The van der Waals surface area contributed by atoms with Gasteiger partial charge in [-0.1, -0.05) is 11.6 Å². The predicted octanol–water partition coefficient (Wildman–Crippen LogP) is -0.141. The van der Waals surface area contributed by atoms with Gasteiger partial charge in [-0.25, -0.2) is 0 Å². The Balaban J connectivity index is 1.96. The van der Waals surface area contributed by atoms with Gasteiger partial charge in [0, 0.05) is 13.1 Å². The molecular formula is C13H20N2O3. The van der Waals surface area contributed by atoms with Crippen LogP contribution in [0.25, 0.3) is 0 Å². The van der Waals surface area contributed by atoms with Crippen LogP contribution in [0, 0.1) is 5.92 Å². The molecule has 100 valence electrons. The van der Waals surface area contributed by atoms with E-state index in [-0.39, 0.29) is 17.9 Å². The van der Waals surface area contributed by atoms with Crippen LogP contribution in [0.4, 0.5) is 0 Å². The normalized spacial score (nSPS) is 47.0. The summed E-state index contributed by atoms with van der Waals surface area (Å²) in [7, 11) is 0. The van der Waals surface area contributed by atoms with Gasteiger partial charge in [-0.3, -0.25) is 4.79 Å². The fraction of sp³-hybridized carbons (Fsp3) is 0.769. The van der Waals surface area contributed by atoms with E-state index >= 15 is 0 Å². The second-order valence-electron chi connectivity index (χ2n) is 5.68. The molecule has 18 heavy (non-hydrogen) atoms. The summed E-state index contributed by atoms with van der Waals surface area (Å²) in [4.78, 5) is 13.8. The molecule has 0 radical (unpaired) electrons. The van der Waals surface area contributed by atoms with E-state index in [9.17, 15) is 9.90 Å². The molecular weight excluding hydrogens is 232 g/mol. The molecule has 2 fully saturated rings. The number of carbonyl (C=O) groups is 1. The monoisotopic (exact) mass is 252 g/mol. The van der Waals surface area contributed by atoms with E-state index in [0.29, 0.717) is 6.54 Å². The molecule has 1 amide bonds. The molecule has 2 saturated heterocycles. The number of aliphatic hydroxyl groups excluding tert-OH is 1. The first-order chi connectivity index (χ1) is 8.48. The van der Waals surface area contributed by atoms with E-state index in [0.717, 1.165) is 6.54 Å². The number of ether oxygens (including phenoxy) is 1. The molecule has 0 aliphatic carbocycles. The van der Waals surface area contributed by atoms with Crippen molar-refractivity contribution in [1.82, 2.24) is 10.2 Å². The molecule has 3 heterocycles. The van der Waals surface area contributed by atoms with Crippen molar-refractivity contribution in [2.45, 2.75) is 44.7 Å². The number of fused-ring (bicyclic) bond motifs is 3. The molecule has 0 aromatic heterocycles. The molecule has 2 unspecified atom stereocenters. The lowest BCUT2D eigenvalue weighted by molar-refractivity contribution is -0.140. The Hall–Kier alpha value is -0.910. The summed E-state index contributed by atoms with van der Waals surface area (Å²) in [5, 5.41) is 13.6. The number of aliphatic hydroxyl groups is 1. The summed E-state index contributed by atoms with van der Waals surface area (Å²) in [6, 6.07) is -0.0371. The van der Waals surface area contributed by atoms with Gasteiger partial charge in [-0.15, -0.1) is 0 Å². The van der Waals surface area contributed by atoms with Crippen LogP contribution in [0.2, 0.25) is 0 Å². The second-order valence-corrected chi connectivity index (χ2v) is 5.68. The Morgan fingerprint density at radius 1 is 1.67 bits per heavy atom. The zero-order chi connectivity index (χ0) is 13.1. The SMILES string of the molecule is CCN1C(=O)C2C3NCC(C)=C[C@]3(C)O[C@@H]2[C@@H]1O. The van der Waals surface area contributed by atoms with Gasteiger partial charge in [-0.2, -0.15) is 0 Å². The first-order valence-electron chi connectivity index (χ1n) is 6.56. The maximum Gasteiger partial charge on any atom is 0.232 e.